The Kier molecular flexibility index (Phi) is 6.12. The van der Waals surface area contributed by atoms with Crippen molar-refractivity contribution in [1.29, 1.82) is 0 Å². The molecule has 0 spiro atoms. The summed E-state index contributed by atoms with van der Waals surface area (Å²) in [6.07, 6.45) is 0.265. The number of anilines is 1. The van der Waals surface area contributed by atoms with Gasteiger partial charge in [0.2, 0.25) is 5.82 Å². The van der Waals surface area contributed by atoms with Crippen molar-refractivity contribution in [2.24, 2.45) is 5.18 Å². The van der Waals surface area contributed by atoms with Gasteiger partial charge in [0, 0.05) is 23.9 Å². The number of aromatic nitrogens is 5. The molecule has 1 fully saturated rings. The summed E-state index contributed by atoms with van der Waals surface area (Å²) in [6.45, 7) is 1.38. The van der Waals surface area contributed by atoms with E-state index in [1.165, 1.54) is 22.0 Å². The fourth-order valence-electron chi connectivity index (χ4n) is 3.23. The smallest absolute Gasteiger partial charge is 0.414 e. The first kappa shape index (κ1) is 21.4. The van der Waals surface area contributed by atoms with Crippen LogP contribution in [-0.2, 0) is 11.3 Å². The largest absolute Gasteiger partial charge is 0.442 e. The van der Waals surface area contributed by atoms with E-state index in [9.17, 15) is 14.1 Å². The van der Waals surface area contributed by atoms with E-state index in [1.54, 1.807) is 24.3 Å². The highest BCUT2D eigenvalue weighted by Crippen LogP contribution is 2.29. The van der Waals surface area contributed by atoms with Gasteiger partial charge < -0.3 is 9.64 Å². The first-order chi connectivity index (χ1) is 15.4. The summed E-state index contributed by atoms with van der Waals surface area (Å²) in [4.78, 5) is 31.5. The van der Waals surface area contributed by atoms with Crippen LogP contribution in [0.5, 0.6) is 0 Å². The molecule has 1 aliphatic rings. The van der Waals surface area contributed by atoms with Gasteiger partial charge in [-0.15, -0.1) is 10.2 Å². The molecule has 12 heteroatoms. The number of halogens is 1. The number of amides is 1. The van der Waals surface area contributed by atoms with Crippen molar-refractivity contribution in [3.63, 3.8) is 0 Å². The summed E-state index contributed by atoms with van der Waals surface area (Å²) in [5.74, 6) is -0.132. The monoisotopic (exact) mass is 440 g/mol. The molecule has 0 aliphatic carbocycles. The van der Waals surface area contributed by atoms with E-state index in [2.05, 4.69) is 25.6 Å². The number of tetrazole rings is 1. The summed E-state index contributed by atoms with van der Waals surface area (Å²) in [7, 11) is 3.92. The zero-order valence-corrected chi connectivity index (χ0v) is 17.6. The van der Waals surface area contributed by atoms with Gasteiger partial charge in [-0.05, 0) is 43.6 Å². The SMILES string of the molecule is CN(C)CCn1nnc(-c2ccc(-c3ccc(N4C[C@H](CN=O)OC4=O)cc3F)cn2)n1. The average molecular weight is 440 g/mol. The normalized spacial score (nSPS) is 15.9. The van der Waals surface area contributed by atoms with E-state index >= 15 is 0 Å². The van der Waals surface area contributed by atoms with Crippen LogP contribution in [-0.4, -0.2) is 76.0 Å². The molecule has 1 aliphatic heterocycles. The van der Waals surface area contributed by atoms with Crippen molar-refractivity contribution in [3.8, 4) is 22.6 Å². The third-order valence-electron chi connectivity index (χ3n) is 4.92. The van der Waals surface area contributed by atoms with Gasteiger partial charge in [0.1, 0.15) is 24.2 Å². The van der Waals surface area contributed by atoms with E-state index in [4.69, 9.17) is 4.74 Å². The van der Waals surface area contributed by atoms with E-state index in [0.717, 1.165) is 6.54 Å². The molecule has 0 unspecified atom stereocenters. The summed E-state index contributed by atoms with van der Waals surface area (Å²) < 4.78 is 19.9. The molecule has 2 aromatic heterocycles. The lowest BCUT2D eigenvalue weighted by Crippen LogP contribution is -2.25. The number of pyridine rings is 1. The number of ether oxygens (including phenoxy) is 1. The van der Waals surface area contributed by atoms with E-state index in [-0.39, 0.29) is 13.1 Å². The van der Waals surface area contributed by atoms with E-state index in [1.807, 2.05) is 19.0 Å². The summed E-state index contributed by atoms with van der Waals surface area (Å²) in [5.41, 5.74) is 1.75. The molecule has 1 atom stereocenters. The van der Waals surface area contributed by atoms with Crippen LogP contribution >= 0.6 is 0 Å². The van der Waals surface area contributed by atoms with Crippen molar-refractivity contribution >= 4 is 11.8 Å². The molecular formula is C20H21FN8O3. The number of cyclic esters (lactones) is 1. The second-order valence-corrected chi connectivity index (χ2v) is 7.54. The zero-order valence-electron chi connectivity index (χ0n) is 17.6. The van der Waals surface area contributed by atoms with Crippen LogP contribution in [0.3, 0.4) is 0 Å². The lowest BCUT2D eigenvalue weighted by Gasteiger charge is -2.14. The van der Waals surface area contributed by atoms with Gasteiger partial charge >= 0.3 is 6.09 Å². The van der Waals surface area contributed by atoms with Crippen LogP contribution in [0.4, 0.5) is 14.9 Å². The average Bonchev–Trinajstić information content (AvgIpc) is 3.39. The fourth-order valence-corrected chi connectivity index (χ4v) is 3.23. The molecular weight excluding hydrogens is 419 g/mol. The molecule has 0 N–H and O–H groups in total. The summed E-state index contributed by atoms with van der Waals surface area (Å²) >= 11 is 0. The van der Waals surface area contributed by atoms with Gasteiger partial charge in [-0.25, -0.2) is 9.18 Å². The Hall–Kier alpha value is -3.80. The number of likely N-dealkylation sites (N-methyl/N-ethyl adjacent to an activating group) is 1. The zero-order chi connectivity index (χ0) is 22.7. The highest BCUT2D eigenvalue weighted by atomic mass is 19.1. The highest BCUT2D eigenvalue weighted by molar-refractivity contribution is 5.90. The Morgan fingerprint density at radius 1 is 1.28 bits per heavy atom. The molecule has 0 bridgehead atoms. The van der Waals surface area contributed by atoms with Crippen LogP contribution < -0.4 is 4.90 Å². The number of nitroso groups, excluding NO2 is 1. The standard InChI is InChI=1S/C20H21FN8O3/c1-27(2)7-8-29-25-19(24-26-29)18-6-3-13(10-22-18)16-5-4-14(9-17(16)21)28-12-15(11-23-31)32-20(28)30/h3-6,9-10,15H,7-8,11-12H2,1-2H3/t15-/m0/s1. The molecule has 166 valence electrons. The summed E-state index contributed by atoms with van der Waals surface area (Å²) in [6, 6.07) is 7.85. The molecule has 0 saturated carbocycles. The molecule has 11 nitrogen and oxygen atoms in total. The number of hydrogen-bond donors (Lipinski definition) is 0. The van der Waals surface area contributed by atoms with Crippen LogP contribution in [0, 0.1) is 10.7 Å². The van der Waals surface area contributed by atoms with Crippen molar-refractivity contribution in [1.82, 2.24) is 30.1 Å². The molecule has 32 heavy (non-hydrogen) atoms. The third-order valence-corrected chi connectivity index (χ3v) is 4.92. The number of rotatable bonds is 8. The second-order valence-electron chi connectivity index (χ2n) is 7.54. The van der Waals surface area contributed by atoms with E-state index < -0.39 is 18.0 Å². The molecule has 3 heterocycles. The highest BCUT2D eigenvalue weighted by Gasteiger charge is 2.32. The maximum atomic E-state index is 14.8. The minimum absolute atomic E-state index is 0.140. The van der Waals surface area contributed by atoms with Gasteiger partial charge in [0.05, 0.1) is 18.8 Å². The van der Waals surface area contributed by atoms with Crippen LogP contribution in [0.1, 0.15) is 0 Å². The summed E-state index contributed by atoms with van der Waals surface area (Å²) in [5, 5.41) is 15.1. The number of carbonyl (C=O) groups is 1. The number of benzene rings is 1. The lowest BCUT2D eigenvalue weighted by molar-refractivity contribution is 0.145. The molecule has 1 saturated heterocycles. The topological polar surface area (TPSA) is 119 Å². The second kappa shape index (κ2) is 9.14. The van der Waals surface area contributed by atoms with Crippen LogP contribution in [0.15, 0.2) is 41.7 Å². The first-order valence-corrected chi connectivity index (χ1v) is 9.90. The minimum Gasteiger partial charge on any atom is -0.442 e. The number of hydrogen-bond acceptors (Lipinski definition) is 9. The Bertz CT molecular complexity index is 1120. The molecule has 1 aromatic carbocycles. The Labute approximate surface area is 182 Å². The van der Waals surface area contributed by atoms with Crippen molar-refractivity contribution in [3.05, 3.63) is 47.3 Å². The van der Waals surface area contributed by atoms with Gasteiger partial charge in [-0.3, -0.25) is 9.88 Å². The lowest BCUT2D eigenvalue weighted by atomic mass is 10.1. The number of carbonyl (C=O) groups excluding carboxylic acids is 1. The predicted octanol–water partition coefficient (Wildman–Crippen LogP) is 2.19. The van der Waals surface area contributed by atoms with Gasteiger partial charge in [0.25, 0.3) is 0 Å². The Balaban J connectivity index is 1.49. The Morgan fingerprint density at radius 2 is 2.12 bits per heavy atom. The molecule has 1 amide bonds. The molecule has 0 radical (unpaired) electrons. The first-order valence-electron chi connectivity index (χ1n) is 9.90. The van der Waals surface area contributed by atoms with Crippen LogP contribution in [0.2, 0.25) is 0 Å². The van der Waals surface area contributed by atoms with E-state index in [0.29, 0.717) is 34.9 Å². The fraction of sp³-hybridized carbons (Fsp3) is 0.350. The maximum Gasteiger partial charge on any atom is 0.414 e. The van der Waals surface area contributed by atoms with Gasteiger partial charge in [0.15, 0.2) is 0 Å². The van der Waals surface area contributed by atoms with Crippen molar-refractivity contribution in [2.75, 3.05) is 38.6 Å². The van der Waals surface area contributed by atoms with Gasteiger partial charge in [-0.2, -0.15) is 9.70 Å². The Morgan fingerprint density at radius 3 is 2.81 bits per heavy atom. The van der Waals surface area contributed by atoms with Crippen molar-refractivity contribution in [2.45, 2.75) is 12.6 Å². The molecule has 3 aromatic rings. The quantitative estimate of drug-likeness (QED) is 0.489. The van der Waals surface area contributed by atoms with Gasteiger partial charge in [-0.1, -0.05) is 11.2 Å². The minimum atomic E-state index is -0.636. The molecule has 4 rings (SSSR count). The maximum absolute atomic E-state index is 14.8. The third kappa shape index (κ3) is 4.59. The van der Waals surface area contributed by atoms with Crippen LogP contribution in [0.25, 0.3) is 22.6 Å². The van der Waals surface area contributed by atoms with Crippen molar-refractivity contribution < 1.29 is 13.9 Å². The number of nitrogens with zero attached hydrogens (tertiary/aromatic N) is 8. The predicted molar refractivity (Wildman–Crippen MR) is 113 cm³/mol.